The third-order valence-corrected chi connectivity index (χ3v) is 4.76. The Morgan fingerprint density at radius 1 is 1.29 bits per heavy atom. The first kappa shape index (κ1) is 14.4. The first-order chi connectivity index (χ1) is 10.1. The number of carbonyl (C=O) groups excluding carboxylic acids is 1. The molecule has 0 aliphatic carbocycles. The summed E-state index contributed by atoms with van der Waals surface area (Å²) in [6.07, 6.45) is 0.832. The van der Waals surface area contributed by atoms with Crippen molar-refractivity contribution in [1.82, 2.24) is 5.32 Å². The number of thioether (sulfide) groups is 1. The van der Waals surface area contributed by atoms with Crippen LogP contribution >= 0.6 is 23.4 Å². The highest BCUT2D eigenvalue weighted by molar-refractivity contribution is 7.99. The Kier molecular flexibility index (Phi) is 4.17. The first-order valence-electron chi connectivity index (χ1n) is 6.62. The molecule has 5 heteroatoms. The number of halogens is 2. The molecule has 1 heterocycles. The van der Waals surface area contributed by atoms with Crippen molar-refractivity contribution in [2.75, 3.05) is 5.75 Å². The highest BCUT2D eigenvalue weighted by atomic mass is 35.5. The van der Waals surface area contributed by atoms with Gasteiger partial charge in [-0.05, 0) is 48.4 Å². The van der Waals surface area contributed by atoms with Crippen LogP contribution in [0.4, 0.5) is 4.39 Å². The summed E-state index contributed by atoms with van der Waals surface area (Å²) >= 11 is 7.80. The van der Waals surface area contributed by atoms with Crippen LogP contribution in [0.5, 0.6) is 0 Å². The summed E-state index contributed by atoms with van der Waals surface area (Å²) in [5.41, 5.74) is 1.36. The van der Waals surface area contributed by atoms with Crippen molar-refractivity contribution in [2.24, 2.45) is 0 Å². The number of hydrogen-bond donors (Lipinski definition) is 1. The average Bonchev–Trinajstić information content (AvgIpc) is 2.48. The molecule has 2 nitrogen and oxygen atoms in total. The Morgan fingerprint density at radius 2 is 2.14 bits per heavy atom. The summed E-state index contributed by atoms with van der Waals surface area (Å²) in [6, 6.07) is 11.3. The predicted octanol–water partition coefficient (Wildman–Crippen LogP) is 4.45. The number of rotatable bonds is 2. The normalized spacial score (nSPS) is 17.1. The van der Waals surface area contributed by atoms with E-state index in [-0.39, 0.29) is 11.9 Å². The number of amides is 1. The number of hydrogen-bond acceptors (Lipinski definition) is 2. The zero-order valence-corrected chi connectivity index (χ0v) is 12.7. The molecule has 0 saturated heterocycles. The lowest BCUT2D eigenvalue weighted by Crippen LogP contribution is -2.30. The van der Waals surface area contributed by atoms with Crippen molar-refractivity contribution in [3.05, 3.63) is 64.4 Å². The Balaban J connectivity index is 1.83. The third-order valence-electron chi connectivity index (χ3n) is 3.40. The first-order valence-corrected chi connectivity index (χ1v) is 7.98. The standard InChI is InChI=1S/C16H13ClFNOS/c17-11-4-5-15-13(9-11)14(6-7-21-15)19-16(20)10-2-1-3-12(18)8-10/h1-5,8-9,14H,6-7H2,(H,19,20)/t14-/m1/s1. The molecule has 1 aliphatic rings. The minimum atomic E-state index is -0.412. The van der Waals surface area contributed by atoms with Crippen molar-refractivity contribution in [3.8, 4) is 0 Å². The van der Waals surface area contributed by atoms with E-state index in [4.69, 9.17) is 11.6 Å². The zero-order chi connectivity index (χ0) is 14.8. The lowest BCUT2D eigenvalue weighted by atomic mass is 10.0. The molecule has 2 aromatic rings. The van der Waals surface area contributed by atoms with E-state index in [0.29, 0.717) is 10.6 Å². The van der Waals surface area contributed by atoms with Gasteiger partial charge in [0.1, 0.15) is 5.82 Å². The Morgan fingerprint density at radius 3 is 2.95 bits per heavy atom. The maximum Gasteiger partial charge on any atom is 0.251 e. The molecule has 1 aliphatic heterocycles. The molecule has 1 atom stereocenters. The molecule has 0 saturated carbocycles. The minimum Gasteiger partial charge on any atom is -0.345 e. The summed E-state index contributed by atoms with van der Waals surface area (Å²) in [6.45, 7) is 0. The van der Waals surface area contributed by atoms with Gasteiger partial charge in [-0.25, -0.2) is 4.39 Å². The van der Waals surface area contributed by atoms with Gasteiger partial charge in [0.25, 0.3) is 5.91 Å². The van der Waals surface area contributed by atoms with Gasteiger partial charge in [0, 0.05) is 21.2 Å². The summed E-state index contributed by atoms with van der Waals surface area (Å²) in [4.78, 5) is 13.4. The zero-order valence-electron chi connectivity index (χ0n) is 11.1. The third kappa shape index (κ3) is 3.22. The lowest BCUT2D eigenvalue weighted by molar-refractivity contribution is 0.0934. The molecular weight excluding hydrogens is 309 g/mol. The van der Waals surface area contributed by atoms with Crippen LogP contribution in [0, 0.1) is 5.82 Å². The van der Waals surface area contributed by atoms with Crippen LogP contribution in [0.3, 0.4) is 0 Å². The highest BCUT2D eigenvalue weighted by Crippen LogP contribution is 2.37. The van der Waals surface area contributed by atoms with Gasteiger partial charge in [0.15, 0.2) is 0 Å². The van der Waals surface area contributed by atoms with Crippen LogP contribution in [0.2, 0.25) is 5.02 Å². The fraction of sp³-hybridized carbons (Fsp3) is 0.188. The summed E-state index contributed by atoms with van der Waals surface area (Å²) in [7, 11) is 0. The van der Waals surface area contributed by atoms with Gasteiger partial charge in [-0.2, -0.15) is 0 Å². The molecule has 0 spiro atoms. The van der Waals surface area contributed by atoms with E-state index in [1.54, 1.807) is 17.8 Å². The molecule has 3 rings (SSSR count). The Bertz CT molecular complexity index is 692. The second-order valence-corrected chi connectivity index (χ2v) is 6.43. The molecule has 0 bridgehead atoms. The highest BCUT2D eigenvalue weighted by Gasteiger charge is 2.23. The number of carbonyl (C=O) groups is 1. The van der Waals surface area contributed by atoms with Gasteiger partial charge >= 0.3 is 0 Å². The maximum atomic E-state index is 13.2. The van der Waals surface area contributed by atoms with E-state index in [0.717, 1.165) is 22.6 Å². The van der Waals surface area contributed by atoms with E-state index in [1.807, 2.05) is 18.2 Å². The van der Waals surface area contributed by atoms with E-state index < -0.39 is 5.82 Å². The molecule has 0 unspecified atom stereocenters. The molecule has 0 aromatic heterocycles. The van der Waals surface area contributed by atoms with Gasteiger partial charge in [-0.3, -0.25) is 4.79 Å². The van der Waals surface area contributed by atoms with Gasteiger partial charge in [0.2, 0.25) is 0 Å². The quantitative estimate of drug-likeness (QED) is 0.885. The van der Waals surface area contributed by atoms with Crippen LogP contribution in [0.1, 0.15) is 28.4 Å². The summed E-state index contributed by atoms with van der Waals surface area (Å²) in [5.74, 6) is 0.255. The molecule has 0 radical (unpaired) electrons. The number of nitrogens with one attached hydrogen (secondary N) is 1. The van der Waals surface area contributed by atoms with Crippen LogP contribution in [-0.2, 0) is 0 Å². The number of benzene rings is 2. The lowest BCUT2D eigenvalue weighted by Gasteiger charge is -2.26. The van der Waals surface area contributed by atoms with E-state index >= 15 is 0 Å². The second kappa shape index (κ2) is 6.08. The van der Waals surface area contributed by atoms with Crippen molar-refractivity contribution >= 4 is 29.3 Å². The number of fused-ring (bicyclic) bond motifs is 1. The summed E-state index contributed by atoms with van der Waals surface area (Å²) < 4.78 is 13.2. The van der Waals surface area contributed by atoms with Gasteiger partial charge < -0.3 is 5.32 Å². The molecule has 21 heavy (non-hydrogen) atoms. The molecular formula is C16H13ClFNOS. The fourth-order valence-corrected chi connectivity index (χ4v) is 3.67. The van der Waals surface area contributed by atoms with Crippen molar-refractivity contribution < 1.29 is 9.18 Å². The molecule has 1 N–H and O–H groups in total. The molecule has 108 valence electrons. The average molecular weight is 322 g/mol. The maximum absolute atomic E-state index is 13.2. The SMILES string of the molecule is O=C(N[C@@H]1CCSc2ccc(Cl)cc21)c1cccc(F)c1. The Hall–Kier alpha value is -1.52. The van der Waals surface area contributed by atoms with Crippen molar-refractivity contribution in [1.29, 1.82) is 0 Å². The predicted molar refractivity (Wildman–Crippen MR) is 83.4 cm³/mol. The van der Waals surface area contributed by atoms with E-state index in [2.05, 4.69) is 5.32 Å². The largest absolute Gasteiger partial charge is 0.345 e. The smallest absolute Gasteiger partial charge is 0.251 e. The summed E-state index contributed by atoms with van der Waals surface area (Å²) in [5, 5.41) is 3.62. The van der Waals surface area contributed by atoms with Crippen LogP contribution < -0.4 is 5.32 Å². The van der Waals surface area contributed by atoms with Crippen LogP contribution in [0.15, 0.2) is 47.4 Å². The second-order valence-electron chi connectivity index (χ2n) is 4.86. The molecule has 2 aromatic carbocycles. The topological polar surface area (TPSA) is 29.1 Å². The Labute approximate surface area is 131 Å². The molecule has 1 amide bonds. The monoisotopic (exact) mass is 321 g/mol. The van der Waals surface area contributed by atoms with E-state index in [1.165, 1.54) is 18.2 Å². The minimum absolute atomic E-state index is 0.0873. The fourth-order valence-electron chi connectivity index (χ4n) is 2.39. The van der Waals surface area contributed by atoms with Crippen molar-refractivity contribution in [3.63, 3.8) is 0 Å². The van der Waals surface area contributed by atoms with Gasteiger partial charge in [-0.15, -0.1) is 11.8 Å². The van der Waals surface area contributed by atoms with Gasteiger partial charge in [0.05, 0.1) is 6.04 Å². The van der Waals surface area contributed by atoms with E-state index in [9.17, 15) is 9.18 Å². The van der Waals surface area contributed by atoms with Crippen molar-refractivity contribution in [2.45, 2.75) is 17.4 Å². The van der Waals surface area contributed by atoms with Gasteiger partial charge in [-0.1, -0.05) is 17.7 Å². The van der Waals surface area contributed by atoms with Crippen LogP contribution in [-0.4, -0.2) is 11.7 Å². The molecule has 0 fully saturated rings. The van der Waals surface area contributed by atoms with Crippen LogP contribution in [0.25, 0.3) is 0 Å².